The van der Waals surface area contributed by atoms with Gasteiger partial charge in [0.1, 0.15) is 5.82 Å². The summed E-state index contributed by atoms with van der Waals surface area (Å²) in [7, 11) is 1.99. The van der Waals surface area contributed by atoms with Crippen molar-refractivity contribution in [2.24, 2.45) is 5.41 Å². The molecule has 88 valence electrons. The van der Waals surface area contributed by atoms with E-state index in [4.69, 9.17) is 0 Å². The standard InChI is InChI=1S/C13H17BrFN/c1-13(5-6-13)12(16-2)8-9-7-10(15)3-4-11(9)14/h3-4,7,12,16H,5-6,8H2,1-2H3. The molecule has 1 atom stereocenters. The van der Waals surface area contributed by atoms with E-state index in [9.17, 15) is 4.39 Å². The molecule has 1 aromatic rings. The Morgan fingerprint density at radius 3 is 2.75 bits per heavy atom. The second-order valence-corrected chi connectivity index (χ2v) is 5.79. The van der Waals surface area contributed by atoms with Crippen LogP contribution in [0.15, 0.2) is 22.7 Å². The third-order valence-electron chi connectivity index (χ3n) is 3.66. The van der Waals surface area contributed by atoms with Crippen molar-refractivity contribution in [2.45, 2.75) is 32.2 Å². The maximum atomic E-state index is 13.2. The van der Waals surface area contributed by atoms with Gasteiger partial charge in [-0.05, 0) is 55.5 Å². The average Bonchev–Trinajstić information content (AvgIpc) is 2.99. The summed E-state index contributed by atoms with van der Waals surface area (Å²) < 4.78 is 14.2. The van der Waals surface area contributed by atoms with Gasteiger partial charge in [0, 0.05) is 10.5 Å². The summed E-state index contributed by atoms with van der Waals surface area (Å²) in [6.07, 6.45) is 3.42. The van der Waals surface area contributed by atoms with Gasteiger partial charge in [-0.25, -0.2) is 4.39 Å². The van der Waals surface area contributed by atoms with Crippen molar-refractivity contribution in [3.05, 3.63) is 34.1 Å². The van der Waals surface area contributed by atoms with Crippen molar-refractivity contribution >= 4 is 15.9 Å². The minimum absolute atomic E-state index is 0.158. The summed E-state index contributed by atoms with van der Waals surface area (Å²) in [4.78, 5) is 0. The van der Waals surface area contributed by atoms with E-state index >= 15 is 0 Å². The van der Waals surface area contributed by atoms with E-state index in [-0.39, 0.29) is 5.82 Å². The fraction of sp³-hybridized carbons (Fsp3) is 0.538. The van der Waals surface area contributed by atoms with Crippen molar-refractivity contribution in [1.29, 1.82) is 0 Å². The predicted octanol–water partition coefficient (Wildman–Crippen LogP) is 3.52. The van der Waals surface area contributed by atoms with E-state index in [1.54, 1.807) is 12.1 Å². The van der Waals surface area contributed by atoms with Gasteiger partial charge in [0.2, 0.25) is 0 Å². The lowest BCUT2D eigenvalue weighted by molar-refractivity contribution is 0.375. The Labute approximate surface area is 105 Å². The Kier molecular flexibility index (Phi) is 3.36. The normalized spacial score (nSPS) is 19.5. The topological polar surface area (TPSA) is 12.0 Å². The number of nitrogens with one attached hydrogen (secondary N) is 1. The van der Waals surface area contributed by atoms with E-state index in [1.165, 1.54) is 18.9 Å². The van der Waals surface area contributed by atoms with Crippen LogP contribution < -0.4 is 5.32 Å². The second kappa shape index (κ2) is 4.46. The molecule has 0 bridgehead atoms. The molecule has 0 amide bonds. The lowest BCUT2D eigenvalue weighted by Crippen LogP contribution is -2.35. The molecule has 0 aliphatic heterocycles. The SMILES string of the molecule is CNC(Cc1cc(F)ccc1Br)C1(C)CC1. The van der Waals surface area contributed by atoms with Gasteiger partial charge in [-0.15, -0.1) is 0 Å². The Hall–Kier alpha value is -0.410. The first-order chi connectivity index (χ1) is 7.55. The average molecular weight is 286 g/mol. The minimum Gasteiger partial charge on any atom is -0.316 e. The number of benzene rings is 1. The zero-order valence-electron chi connectivity index (χ0n) is 9.69. The minimum atomic E-state index is -0.158. The van der Waals surface area contributed by atoms with Crippen molar-refractivity contribution < 1.29 is 4.39 Å². The number of likely N-dealkylation sites (N-methyl/N-ethyl adjacent to an activating group) is 1. The Morgan fingerprint density at radius 2 is 2.19 bits per heavy atom. The molecular formula is C13H17BrFN. The van der Waals surface area contributed by atoms with Gasteiger partial charge < -0.3 is 5.32 Å². The number of hydrogen-bond donors (Lipinski definition) is 1. The van der Waals surface area contributed by atoms with Crippen LogP contribution in [0.4, 0.5) is 4.39 Å². The molecule has 1 nitrogen and oxygen atoms in total. The van der Waals surface area contributed by atoms with Gasteiger partial charge in [-0.2, -0.15) is 0 Å². The molecule has 1 aliphatic carbocycles. The fourth-order valence-corrected chi connectivity index (χ4v) is 2.57. The van der Waals surface area contributed by atoms with Crippen molar-refractivity contribution in [1.82, 2.24) is 5.32 Å². The first-order valence-corrected chi connectivity index (χ1v) is 6.46. The Morgan fingerprint density at radius 1 is 1.50 bits per heavy atom. The largest absolute Gasteiger partial charge is 0.316 e. The molecule has 0 saturated heterocycles. The van der Waals surface area contributed by atoms with Crippen LogP contribution in [0.3, 0.4) is 0 Å². The molecule has 0 spiro atoms. The van der Waals surface area contributed by atoms with Crippen LogP contribution in [0, 0.1) is 11.2 Å². The number of halogens is 2. The van der Waals surface area contributed by atoms with E-state index in [0.717, 1.165) is 16.5 Å². The molecule has 1 N–H and O–H groups in total. The molecule has 16 heavy (non-hydrogen) atoms. The van der Waals surface area contributed by atoms with Gasteiger partial charge in [0.25, 0.3) is 0 Å². The Bertz CT molecular complexity index is 388. The van der Waals surface area contributed by atoms with Crippen LogP contribution in [0.2, 0.25) is 0 Å². The van der Waals surface area contributed by atoms with E-state index in [0.29, 0.717) is 11.5 Å². The van der Waals surface area contributed by atoms with Gasteiger partial charge in [-0.1, -0.05) is 22.9 Å². The maximum Gasteiger partial charge on any atom is 0.123 e. The highest BCUT2D eigenvalue weighted by Crippen LogP contribution is 2.49. The smallest absolute Gasteiger partial charge is 0.123 e. The second-order valence-electron chi connectivity index (χ2n) is 4.94. The summed E-state index contributed by atoms with van der Waals surface area (Å²) in [5.41, 5.74) is 1.45. The summed E-state index contributed by atoms with van der Waals surface area (Å²) in [5, 5.41) is 3.36. The maximum absolute atomic E-state index is 13.2. The van der Waals surface area contributed by atoms with Crippen LogP contribution in [0.1, 0.15) is 25.3 Å². The lowest BCUT2D eigenvalue weighted by Gasteiger charge is -2.23. The molecule has 1 fully saturated rings. The molecule has 1 aromatic carbocycles. The van der Waals surface area contributed by atoms with E-state index < -0.39 is 0 Å². The molecule has 1 saturated carbocycles. The molecule has 2 rings (SSSR count). The molecule has 1 aliphatic rings. The van der Waals surface area contributed by atoms with Crippen LogP contribution >= 0.6 is 15.9 Å². The summed E-state index contributed by atoms with van der Waals surface area (Å²) in [6.45, 7) is 2.29. The molecule has 0 aromatic heterocycles. The number of rotatable bonds is 4. The lowest BCUT2D eigenvalue weighted by atomic mass is 9.92. The van der Waals surface area contributed by atoms with E-state index in [1.807, 2.05) is 7.05 Å². The quantitative estimate of drug-likeness (QED) is 0.893. The van der Waals surface area contributed by atoms with Crippen molar-refractivity contribution in [2.75, 3.05) is 7.05 Å². The molecule has 3 heteroatoms. The number of hydrogen-bond acceptors (Lipinski definition) is 1. The van der Waals surface area contributed by atoms with E-state index in [2.05, 4.69) is 28.2 Å². The molecule has 0 heterocycles. The predicted molar refractivity (Wildman–Crippen MR) is 68.0 cm³/mol. The van der Waals surface area contributed by atoms with Crippen LogP contribution in [-0.4, -0.2) is 13.1 Å². The van der Waals surface area contributed by atoms with Crippen LogP contribution in [0.25, 0.3) is 0 Å². The molecular weight excluding hydrogens is 269 g/mol. The first-order valence-electron chi connectivity index (χ1n) is 5.66. The third-order valence-corrected chi connectivity index (χ3v) is 4.43. The van der Waals surface area contributed by atoms with Gasteiger partial charge >= 0.3 is 0 Å². The van der Waals surface area contributed by atoms with Gasteiger partial charge in [0.05, 0.1) is 0 Å². The summed E-state index contributed by atoms with van der Waals surface area (Å²) >= 11 is 3.48. The first kappa shape index (κ1) is 12.1. The fourth-order valence-electron chi connectivity index (χ4n) is 2.16. The highest BCUT2D eigenvalue weighted by molar-refractivity contribution is 9.10. The zero-order valence-corrected chi connectivity index (χ0v) is 11.3. The van der Waals surface area contributed by atoms with Gasteiger partial charge in [-0.3, -0.25) is 0 Å². The van der Waals surface area contributed by atoms with Crippen molar-refractivity contribution in [3.8, 4) is 0 Å². The summed E-state index contributed by atoms with van der Waals surface area (Å²) in [6, 6.07) is 5.33. The van der Waals surface area contributed by atoms with Crippen molar-refractivity contribution in [3.63, 3.8) is 0 Å². The highest BCUT2D eigenvalue weighted by atomic mass is 79.9. The third kappa shape index (κ3) is 2.46. The molecule has 0 radical (unpaired) electrons. The Balaban J connectivity index is 2.15. The monoisotopic (exact) mass is 285 g/mol. The zero-order chi connectivity index (χ0) is 11.8. The molecule has 1 unspecified atom stereocenters. The highest BCUT2D eigenvalue weighted by Gasteiger charge is 2.44. The van der Waals surface area contributed by atoms with Gasteiger partial charge in [0.15, 0.2) is 0 Å². The van der Waals surface area contributed by atoms with Crippen LogP contribution in [-0.2, 0) is 6.42 Å². The summed E-state index contributed by atoms with van der Waals surface area (Å²) in [5.74, 6) is -0.158. The van der Waals surface area contributed by atoms with Crippen LogP contribution in [0.5, 0.6) is 0 Å².